The molecule has 196 valence electrons. The van der Waals surface area contributed by atoms with E-state index in [4.69, 9.17) is 14.2 Å². The van der Waals surface area contributed by atoms with Gasteiger partial charge < -0.3 is 34.6 Å². The van der Waals surface area contributed by atoms with Crippen molar-refractivity contribution in [2.75, 3.05) is 6.61 Å². The fourth-order valence-corrected chi connectivity index (χ4v) is 8.54. The SMILES string of the molecule is CCC(C)(O)C(=O)OC1C(=O)OC2CC3C(C)CC(=O)C(O)C3(C)C3C4(O)OCC23C1C(C)C4O. The van der Waals surface area contributed by atoms with Gasteiger partial charge in [0.15, 0.2) is 17.2 Å². The summed E-state index contributed by atoms with van der Waals surface area (Å²) in [7, 11) is 0. The largest absolute Gasteiger partial charge is 0.459 e. The Labute approximate surface area is 203 Å². The van der Waals surface area contributed by atoms with E-state index >= 15 is 0 Å². The second-order valence-electron chi connectivity index (χ2n) is 12.1. The van der Waals surface area contributed by atoms with Crippen LogP contribution in [0.15, 0.2) is 0 Å². The average molecular weight is 497 g/mol. The molecule has 5 aliphatic rings. The predicted octanol–water partition coefficient (Wildman–Crippen LogP) is -0.0712. The lowest BCUT2D eigenvalue weighted by Crippen LogP contribution is -2.78. The Bertz CT molecular complexity index is 964. The summed E-state index contributed by atoms with van der Waals surface area (Å²) >= 11 is 0. The van der Waals surface area contributed by atoms with E-state index in [2.05, 4.69) is 0 Å². The van der Waals surface area contributed by atoms with Crippen molar-refractivity contribution in [2.45, 2.75) is 89.7 Å². The molecule has 0 amide bonds. The lowest BCUT2D eigenvalue weighted by atomic mass is 9.37. The van der Waals surface area contributed by atoms with Crippen LogP contribution in [-0.4, -0.2) is 80.6 Å². The van der Waals surface area contributed by atoms with Crippen LogP contribution >= 0.6 is 0 Å². The minimum Gasteiger partial charge on any atom is -0.459 e. The molecule has 2 bridgehead atoms. The zero-order valence-corrected chi connectivity index (χ0v) is 20.8. The number of hydrogen-bond acceptors (Lipinski definition) is 10. The van der Waals surface area contributed by atoms with Gasteiger partial charge in [0.25, 0.3) is 0 Å². The second-order valence-corrected chi connectivity index (χ2v) is 12.1. The molecule has 4 N–H and O–H groups in total. The number of rotatable bonds is 3. The quantitative estimate of drug-likeness (QED) is 0.389. The Kier molecular flexibility index (Phi) is 5.35. The van der Waals surface area contributed by atoms with Gasteiger partial charge in [0.1, 0.15) is 18.3 Å². The molecule has 5 rings (SSSR count). The van der Waals surface area contributed by atoms with E-state index in [9.17, 15) is 34.8 Å². The van der Waals surface area contributed by atoms with Crippen molar-refractivity contribution < 1.29 is 49.0 Å². The normalized spacial score (nSPS) is 54.3. The fourth-order valence-electron chi connectivity index (χ4n) is 8.54. The lowest BCUT2D eigenvalue weighted by Gasteiger charge is -2.68. The number of ketones is 1. The molecule has 3 aliphatic carbocycles. The average Bonchev–Trinajstić information content (AvgIpc) is 3.08. The first kappa shape index (κ1) is 25.1. The highest BCUT2D eigenvalue weighted by Gasteiger charge is 2.83. The van der Waals surface area contributed by atoms with E-state index in [0.717, 1.165) is 0 Å². The van der Waals surface area contributed by atoms with Crippen molar-refractivity contribution in [1.82, 2.24) is 0 Å². The molecule has 2 aliphatic heterocycles. The van der Waals surface area contributed by atoms with Crippen molar-refractivity contribution >= 4 is 17.7 Å². The standard InChI is InChI=1S/C25H36O10/c1-6-22(4,31)21(30)35-16-15-11(3)17(27)25(32)20-23(5)12(10(2)7-13(26)18(23)28)8-14(34-19(16)29)24(15,20)9-33-25/h10-12,14-18,20,27-28,31-32H,6-9H2,1-5H3. The van der Waals surface area contributed by atoms with Gasteiger partial charge in [-0.25, -0.2) is 9.59 Å². The number of fused-ring (bicyclic) bond motifs is 1. The van der Waals surface area contributed by atoms with Crippen LogP contribution in [-0.2, 0) is 28.6 Å². The lowest BCUT2D eigenvalue weighted by molar-refractivity contribution is -0.346. The summed E-state index contributed by atoms with van der Waals surface area (Å²) in [6.45, 7) is 8.10. The molecule has 10 heteroatoms. The maximum atomic E-state index is 13.3. The van der Waals surface area contributed by atoms with Crippen LogP contribution in [0.25, 0.3) is 0 Å². The Hall–Kier alpha value is -1.59. The first-order valence-corrected chi connectivity index (χ1v) is 12.6. The van der Waals surface area contributed by atoms with Crippen LogP contribution in [0.1, 0.15) is 53.9 Å². The number of carbonyl (C=O) groups is 3. The van der Waals surface area contributed by atoms with Gasteiger partial charge in [-0.05, 0) is 37.5 Å². The molecule has 5 fully saturated rings. The maximum absolute atomic E-state index is 13.3. The number of hydrogen-bond donors (Lipinski definition) is 4. The van der Waals surface area contributed by atoms with E-state index in [1.807, 2.05) is 6.92 Å². The van der Waals surface area contributed by atoms with Gasteiger partial charge in [-0.1, -0.05) is 27.7 Å². The summed E-state index contributed by atoms with van der Waals surface area (Å²) in [6.07, 6.45) is -4.50. The van der Waals surface area contributed by atoms with Crippen molar-refractivity contribution in [1.29, 1.82) is 0 Å². The van der Waals surface area contributed by atoms with Crippen LogP contribution in [0.4, 0.5) is 0 Å². The number of esters is 2. The van der Waals surface area contributed by atoms with Crippen LogP contribution < -0.4 is 0 Å². The van der Waals surface area contributed by atoms with Crippen molar-refractivity contribution in [2.24, 2.45) is 40.4 Å². The number of Topliss-reactive ketones (excluding diaryl/α,β-unsaturated/α-hetero) is 1. The smallest absolute Gasteiger partial charge is 0.348 e. The summed E-state index contributed by atoms with van der Waals surface area (Å²) in [6, 6.07) is 0. The minimum absolute atomic E-state index is 0.0572. The van der Waals surface area contributed by atoms with Crippen molar-refractivity contribution in [3.8, 4) is 0 Å². The number of carbonyl (C=O) groups excluding carboxylic acids is 3. The fraction of sp³-hybridized carbons (Fsp3) is 0.880. The van der Waals surface area contributed by atoms with Gasteiger partial charge in [-0.15, -0.1) is 0 Å². The Morgan fingerprint density at radius 2 is 1.91 bits per heavy atom. The molecule has 0 radical (unpaired) electrons. The Morgan fingerprint density at radius 1 is 1.26 bits per heavy atom. The van der Waals surface area contributed by atoms with Crippen LogP contribution in [0, 0.1) is 40.4 Å². The van der Waals surface area contributed by atoms with Gasteiger partial charge in [0, 0.05) is 29.1 Å². The third kappa shape index (κ3) is 2.86. The molecule has 0 aromatic carbocycles. The molecule has 1 spiro atoms. The molecule has 0 aromatic rings. The maximum Gasteiger partial charge on any atom is 0.348 e. The van der Waals surface area contributed by atoms with Crippen LogP contribution in [0.3, 0.4) is 0 Å². The number of aliphatic hydroxyl groups excluding tert-OH is 2. The third-order valence-corrected chi connectivity index (χ3v) is 10.4. The van der Waals surface area contributed by atoms with E-state index in [0.29, 0.717) is 6.42 Å². The highest BCUT2D eigenvalue weighted by molar-refractivity contribution is 5.86. The van der Waals surface area contributed by atoms with Crippen LogP contribution in [0.2, 0.25) is 0 Å². The van der Waals surface area contributed by atoms with Crippen LogP contribution in [0.5, 0.6) is 0 Å². The summed E-state index contributed by atoms with van der Waals surface area (Å²) in [5, 5.41) is 44.9. The van der Waals surface area contributed by atoms with Gasteiger partial charge in [0.2, 0.25) is 6.10 Å². The zero-order chi connectivity index (χ0) is 25.9. The third-order valence-electron chi connectivity index (χ3n) is 10.4. The molecule has 2 heterocycles. The first-order valence-electron chi connectivity index (χ1n) is 12.6. The molecule has 2 saturated heterocycles. The minimum atomic E-state index is -2.09. The first-order chi connectivity index (χ1) is 16.2. The topological polar surface area (TPSA) is 160 Å². The van der Waals surface area contributed by atoms with Gasteiger partial charge in [-0.3, -0.25) is 4.79 Å². The number of aliphatic hydroxyl groups is 4. The van der Waals surface area contributed by atoms with Gasteiger partial charge in [0.05, 0.1) is 6.61 Å². The molecule has 0 aromatic heterocycles. The highest BCUT2D eigenvalue weighted by atomic mass is 16.7. The van der Waals surface area contributed by atoms with E-state index in [1.165, 1.54) is 6.92 Å². The summed E-state index contributed by atoms with van der Waals surface area (Å²) < 4.78 is 17.4. The zero-order valence-electron chi connectivity index (χ0n) is 20.8. The molecular weight excluding hydrogens is 460 g/mol. The van der Waals surface area contributed by atoms with Gasteiger partial charge in [-0.2, -0.15) is 0 Å². The van der Waals surface area contributed by atoms with E-state index in [1.54, 1.807) is 20.8 Å². The highest BCUT2D eigenvalue weighted by Crippen LogP contribution is 2.74. The van der Waals surface area contributed by atoms with Crippen molar-refractivity contribution in [3.05, 3.63) is 0 Å². The number of ether oxygens (including phenoxy) is 3. The Morgan fingerprint density at radius 3 is 2.54 bits per heavy atom. The summed E-state index contributed by atoms with van der Waals surface area (Å²) in [5.74, 6) is -7.19. The van der Waals surface area contributed by atoms with E-state index in [-0.39, 0.29) is 37.1 Å². The molecule has 13 atom stereocenters. The van der Waals surface area contributed by atoms with E-state index < -0.39 is 76.3 Å². The molecule has 10 nitrogen and oxygen atoms in total. The second kappa shape index (κ2) is 7.47. The monoisotopic (exact) mass is 496 g/mol. The summed E-state index contributed by atoms with van der Waals surface area (Å²) in [4.78, 5) is 38.9. The molecule has 35 heavy (non-hydrogen) atoms. The Balaban J connectivity index is 1.68. The predicted molar refractivity (Wildman–Crippen MR) is 117 cm³/mol. The molecule has 13 unspecified atom stereocenters. The van der Waals surface area contributed by atoms with Crippen molar-refractivity contribution in [3.63, 3.8) is 0 Å². The van der Waals surface area contributed by atoms with Gasteiger partial charge >= 0.3 is 11.9 Å². The summed E-state index contributed by atoms with van der Waals surface area (Å²) in [5.41, 5.74) is -4.13. The molecule has 3 saturated carbocycles. The molecular formula is C25H36O10.